The van der Waals surface area contributed by atoms with Crippen LogP contribution in [0, 0.1) is 5.82 Å². The maximum absolute atomic E-state index is 14.0. The molecule has 3 heterocycles. The highest BCUT2D eigenvalue weighted by molar-refractivity contribution is 6.30. The number of rotatable bonds is 5. The highest BCUT2D eigenvalue weighted by Crippen LogP contribution is 2.42. The van der Waals surface area contributed by atoms with Crippen LogP contribution in [-0.2, 0) is 11.3 Å². The van der Waals surface area contributed by atoms with Gasteiger partial charge in [-0.3, -0.25) is 9.59 Å². The van der Waals surface area contributed by atoms with Gasteiger partial charge in [0.1, 0.15) is 18.1 Å². The van der Waals surface area contributed by atoms with Gasteiger partial charge in [0.05, 0.1) is 11.8 Å². The zero-order valence-electron chi connectivity index (χ0n) is 17.9. The minimum Gasteiger partial charge on any atom is -0.395 e. The number of benzene rings is 2. The summed E-state index contributed by atoms with van der Waals surface area (Å²) in [5.74, 6) is -1.56. The molecule has 0 fully saturated rings. The van der Waals surface area contributed by atoms with Crippen molar-refractivity contribution in [2.45, 2.75) is 19.8 Å². The summed E-state index contributed by atoms with van der Waals surface area (Å²) in [4.78, 5) is 34.2. The molecule has 0 saturated carbocycles. The number of hydrogen-bond acceptors (Lipinski definition) is 6. The third-order valence-corrected chi connectivity index (χ3v) is 5.49. The lowest BCUT2D eigenvalue weighted by Crippen LogP contribution is -2.37. The van der Waals surface area contributed by atoms with Gasteiger partial charge in [0.15, 0.2) is 17.0 Å². The number of likely N-dealkylation sites (N-methyl/N-ethyl adjacent to an activating group) is 1. The summed E-state index contributed by atoms with van der Waals surface area (Å²) >= 11 is 5.98. The molecule has 0 bridgehead atoms. The topological polar surface area (TPSA) is 102 Å². The van der Waals surface area contributed by atoms with Crippen LogP contribution in [0.1, 0.15) is 6.92 Å². The van der Waals surface area contributed by atoms with E-state index in [-0.39, 0.29) is 51.0 Å². The monoisotopic (exact) mass is 505 g/mol. The van der Waals surface area contributed by atoms with E-state index in [1.807, 2.05) is 0 Å². The third-order valence-electron chi connectivity index (χ3n) is 5.27. The van der Waals surface area contributed by atoms with Crippen LogP contribution in [0.3, 0.4) is 0 Å². The van der Waals surface area contributed by atoms with Gasteiger partial charge in [-0.2, -0.15) is 5.10 Å². The van der Waals surface area contributed by atoms with Crippen LogP contribution in [0.5, 0.6) is 11.5 Å². The van der Waals surface area contributed by atoms with Gasteiger partial charge < -0.3 is 19.4 Å². The Morgan fingerprint density at radius 3 is 2.71 bits per heavy atom. The number of nitrogens with zero attached hydrogens (tertiary/aromatic N) is 4. The molecule has 0 spiro atoms. The van der Waals surface area contributed by atoms with Crippen molar-refractivity contribution < 1.29 is 27.4 Å². The molecule has 9 nitrogen and oxygen atoms in total. The van der Waals surface area contributed by atoms with E-state index in [1.54, 1.807) is 6.92 Å². The molecule has 0 unspecified atom stereocenters. The van der Waals surface area contributed by atoms with Crippen molar-refractivity contribution in [1.29, 1.82) is 0 Å². The Balaban J connectivity index is 1.51. The fourth-order valence-corrected chi connectivity index (χ4v) is 4.02. The normalized spacial score (nSPS) is 13.9. The van der Waals surface area contributed by atoms with Gasteiger partial charge in [0.25, 0.3) is 5.56 Å². The standard InChI is InChI=1S/C22H15ClF3N5O4/c1-2-30(14-3-4-15-16(8-14)35-22(25,26)34-15)17(32)9-31-21(33)20-19(27-10-28-20)18(29-31)11-5-12(23)7-13(24)6-11/h3-8,10H,2,9H2,1H3,(H,27,28). The molecule has 2 aromatic carbocycles. The number of aromatic amines is 1. The fourth-order valence-electron chi connectivity index (χ4n) is 3.80. The number of amides is 1. The Hall–Kier alpha value is -4.06. The summed E-state index contributed by atoms with van der Waals surface area (Å²) in [7, 11) is 0. The number of halogens is 4. The minimum absolute atomic E-state index is 0.00320. The lowest BCUT2D eigenvalue weighted by molar-refractivity contribution is -0.286. The summed E-state index contributed by atoms with van der Waals surface area (Å²) in [6.07, 6.45) is -2.51. The van der Waals surface area contributed by atoms with Crippen molar-refractivity contribution in [3.8, 4) is 22.8 Å². The summed E-state index contributed by atoms with van der Waals surface area (Å²) < 4.78 is 50.4. The maximum Gasteiger partial charge on any atom is 0.586 e. The largest absolute Gasteiger partial charge is 0.586 e. The fraction of sp³-hybridized carbons (Fsp3) is 0.182. The second-order valence-electron chi connectivity index (χ2n) is 7.53. The first-order valence-corrected chi connectivity index (χ1v) is 10.6. The van der Waals surface area contributed by atoms with Gasteiger partial charge in [-0.05, 0) is 37.3 Å². The molecule has 1 N–H and O–H groups in total. The highest BCUT2D eigenvalue weighted by atomic mass is 35.5. The summed E-state index contributed by atoms with van der Waals surface area (Å²) in [6.45, 7) is 1.32. The molecule has 0 atom stereocenters. The molecule has 5 rings (SSSR count). The lowest BCUT2D eigenvalue weighted by atomic mass is 10.1. The van der Waals surface area contributed by atoms with Crippen LogP contribution in [0.25, 0.3) is 22.3 Å². The first-order chi connectivity index (χ1) is 16.6. The van der Waals surface area contributed by atoms with Crippen LogP contribution < -0.4 is 19.9 Å². The quantitative estimate of drug-likeness (QED) is 0.440. The van der Waals surface area contributed by atoms with E-state index in [0.29, 0.717) is 0 Å². The number of ether oxygens (including phenoxy) is 2. The zero-order valence-corrected chi connectivity index (χ0v) is 18.6. The summed E-state index contributed by atoms with van der Waals surface area (Å²) in [5, 5.41) is 4.39. The average molecular weight is 506 g/mol. The Bertz CT molecular complexity index is 1520. The van der Waals surface area contributed by atoms with Gasteiger partial charge in [0, 0.05) is 28.9 Å². The van der Waals surface area contributed by atoms with E-state index in [1.165, 1.54) is 41.6 Å². The lowest BCUT2D eigenvalue weighted by Gasteiger charge is -2.21. The predicted molar refractivity (Wildman–Crippen MR) is 119 cm³/mol. The van der Waals surface area contributed by atoms with E-state index in [2.05, 4.69) is 24.5 Å². The van der Waals surface area contributed by atoms with Crippen molar-refractivity contribution in [1.82, 2.24) is 19.7 Å². The molecule has 0 aliphatic carbocycles. The van der Waals surface area contributed by atoms with E-state index >= 15 is 0 Å². The van der Waals surface area contributed by atoms with E-state index in [4.69, 9.17) is 11.6 Å². The average Bonchev–Trinajstić information content (AvgIpc) is 3.38. The van der Waals surface area contributed by atoms with Crippen molar-refractivity contribution in [2.75, 3.05) is 11.4 Å². The number of carbonyl (C=O) groups is 1. The van der Waals surface area contributed by atoms with E-state index in [0.717, 1.165) is 10.7 Å². The molecule has 35 heavy (non-hydrogen) atoms. The molecule has 13 heteroatoms. The van der Waals surface area contributed by atoms with Crippen molar-refractivity contribution >= 4 is 34.2 Å². The van der Waals surface area contributed by atoms with Gasteiger partial charge in [-0.1, -0.05) is 11.6 Å². The zero-order chi connectivity index (χ0) is 24.9. The van der Waals surface area contributed by atoms with Gasteiger partial charge in [-0.15, -0.1) is 8.78 Å². The Kier molecular flexibility index (Phi) is 5.39. The Morgan fingerprint density at radius 2 is 1.97 bits per heavy atom. The van der Waals surface area contributed by atoms with Crippen LogP contribution in [-0.4, -0.2) is 38.5 Å². The number of hydrogen-bond donors (Lipinski definition) is 1. The second-order valence-corrected chi connectivity index (χ2v) is 7.97. The molecule has 4 aromatic rings. The molecular formula is C22H15ClF3N5O4. The molecule has 2 aromatic heterocycles. The number of imidazole rings is 1. The summed E-state index contributed by atoms with van der Waals surface area (Å²) in [5.41, 5.74) is 0.293. The van der Waals surface area contributed by atoms with Crippen molar-refractivity contribution in [3.05, 3.63) is 63.9 Å². The van der Waals surface area contributed by atoms with E-state index in [9.17, 15) is 22.8 Å². The van der Waals surface area contributed by atoms with Gasteiger partial charge in [-0.25, -0.2) is 14.1 Å². The number of fused-ring (bicyclic) bond motifs is 2. The molecule has 0 radical (unpaired) electrons. The molecule has 1 aliphatic rings. The third kappa shape index (κ3) is 4.16. The molecule has 0 saturated heterocycles. The smallest absolute Gasteiger partial charge is 0.395 e. The number of alkyl halides is 2. The van der Waals surface area contributed by atoms with Gasteiger partial charge >= 0.3 is 6.29 Å². The predicted octanol–water partition coefficient (Wildman–Crippen LogP) is 3.95. The van der Waals surface area contributed by atoms with Gasteiger partial charge in [0.2, 0.25) is 5.91 Å². The number of nitrogens with one attached hydrogen (secondary N) is 1. The van der Waals surface area contributed by atoms with Crippen LogP contribution in [0.2, 0.25) is 5.02 Å². The summed E-state index contributed by atoms with van der Waals surface area (Å²) in [6, 6.07) is 7.68. The van der Waals surface area contributed by atoms with Crippen molar-refractivity contribution in [3.63, 3.8) is 0 Å². The van der Waals surface area contributed by atoms with Crippen LogP contribution in [0.4, 0.5) is 18.9 Å². The minimum atomic E-state index is -3.80. The maximum atomic E-state index is 14.0. The Morgan fingerprint density at radius 1 is 1.20 bits per heavy atom. The van der Waals surface area contributed by atoms with Crippen molar-refractivity contribution in [2.24, 2.45) is 0 Å². The number of anilines is 1. The number of H-pyrrole nitrogens is 1. The van der Waals surface area contributed by atoms with Crippen LogP contribution >= 0.6 is 11.6 Å². The highest BCUT2D eigenvalue weighted by Gasteiger charge is 2.43. The van der Waals surface area contributed by atoms with E-state index < -0.39 is 30.1 Å². The SMILES string of the molecule is CCN(C(=O)Cn1nc(-c2cc(F)cc(Cl)c2)c2[nH]cnc2c1=O)c1ccc2c(c1)OC(F)(F)O2. The number of carbonyl (C=O) groups excluding carboxylic acids is 1. The number of aromatic nitrogens is 4. The molecular weight excluding hydrogens is 491 g/mol. The molecule has 180 valence electrons. The first kappa shape index (κ1) is 22.7. The first-order valence-electron chi connectivity index (χ1n) is 10.3. The molecule has 1 amide bonds. The Labute approximate surface area is 199 Å². The van der Waals surface area contributed by atoms with Crippen LogP contribution in [0.15, 0.2) is 47.5 Å². The molecule has 1 aliphatic heterocycles. The second kappa shape index (κ2) is 8.31.